The van der Waals surface area contributed by atoms with Gasteiger partial charge in [-0.2, -0.15) is 21.0 Å². The summed E-state index contributed by atoms with van der Waals surface area (Å²) in [7, 11) is 10.2. The molecule has 0 aromatic heterocycles. The minimum Gasteiger partial charge on any atom is -0.510 e. The lowest BCUT2D eigenvalue weighted by Gasteiger charge is -2.24. The molecule has 0 bridgehead atoms. The van der Waals surface area contributed by atoms with Crippen LogP contribution in [0.3, 0.4) is 0 Å². The van der Waals surface area contributed by atoms with E-state index in [0.717, 1.165) is 0 Å². The Morgan fingerprint density at radius 2 is 1.03 bits per heavy atom. The smallest absolute Gasteiger partial charge is 0.161 e. The molecular formula is C26H23B3N4O4. The van der Waals surface area contributed by atoms with Crippen LogP contribution in [0.25, 0.3) is 11.1 Å². The van der Waals surface area contributed by atoms with Crippen LogP contribution in [0.2, 0.25) is 0 Å². The Labute approximate surface area is 219 Å². The molecule has 0 aliphatic rings. The van der Waals surface area contributed by atoms with Crippen molar-refractivity contribution in [1.29, 1.82) is 21.0 Å². The lowest BCUT2D eigenvalue weighted by Crippen LogP contribution is -2.37. The first-order valence-electron chi connectivity index (χ1n) is 11.0. The fourth-order valence-corrected chi connectivity index (χ4v) is 3.36. The van der Waals surface area contributed by atoms with E-state index in [1.165, 1.54) is 33.5 Å². The molecule has 8 nitrogen and oxygen atoms in total. The van der Waals surface area contributed by atoms with Crippen molar-refractivity contribution in [2.45, 2.75) is 5.30 Å². The van der Waals surface area contributed by atoms with Crippen molar-refractivity contribution in [3.05, 3.63) is 70.8 Å². The van der Waals surface area contributed by atoms with Crippen LogP contribution in [0.4, 0.5) is 0 Å². The maximum Gasteiger partial charge on any atom is 0.161 e. The van der Waals surface area contributed by atoms with Crippen LogP contribution in [-0.4, -0.2) is 50.2 Å². The Morgan fingerprint density at radius 1 is 0.649 bits per heavy atom. The number of benzene rings is 2. The van der Waals surface area contributed by atoms with Crippen molar-refractivity contribution in [2.24, 2.45) is 0 Å². The first-order valence-corrected chi connectivity index (χ1v) is 11.0. The van der Waals surface area contributed by atoms with Gasteiger partial charge in [0.15, 0.2) is 23.0 Å². The quantitative estimate of drug-likeness (QED) is 0.225. The molecule has 0 amide bonds. The minimum absolute atomic E-state index is 0.175. The van der Waals surface area contributed by atoms with Gasteiger partial charge in [-0.3, -0.25) is 0 Å². The molecule has 0 saturated carbocycles. The molecular weight excluding hydrogens is 465 g/mol. The fourth-order valence-electron chi connectivity index (χ4n) is 3.36. The molecule has 2 rings (SSSR count). The van der Waals surface area contributed by atoms with Crippen molar-refractivity contribution >= 4 is 34.7 Å². The molecule has 0 radical (unpaired) electrons. The van der Waals surface area contributed by atoms with Gasteiger partial charge in [-0.25, -0.2) is 0 Å². The number of methoxy groups -OCH3 is 3. The molecule has 0 atom stereocenters. The van der Waals surface area contributed by atoms with Crippen LogP contribution in [0.15, 0.2) is 59.7 Å². The van der Waals surface area contributed by atoms with Gasteiger partial charge >= 0.3 is 0 Å². The highest BCUT2D eigenvalue weighted by molar-refractivity contribution is 6.58. The third kappa shape index (κ3) is 7.25. The van der Waals surface area contributed by atoms with E-state index < -0.39 is 5.30 Å². The van der Waals surface area contributed by atoms with Crippen LogP contribution in [0.1, 0.15) is 11.1 Å². The third-order valence-corrected chi connectivity index (χ3v) is 4.93. The molecule has 2 aromatic rings. The molecule has 0 aliphatic carbocycles. The van der Waals surface area contributed by atoms with E-state index in [9.17, 15) is 21.0 Å². The van der Waals surface area contributed by atoms with Gasteiger partial charge < -0.3 is 18.9 Å². The summed E-state index contributed by atoms with van der Waals surface area (Å²) in [6.45, 7) is 0. The normalized spacial score (nSPS) is 10.7. The van der Waals surface area contributed by atoms with Crippen molar-refractivity contribution in [3.63, 3.8) is 0 Å². The molecule has 0 N–H and O–H groups in total. The third-order valence-electron chi connectivity index (χ3n) is 4.93. The summed E-state index contributed by atoms with van der Waals surface area (Å²) in [4.78, 5) is 0. The monoisotopic (exact) mass is 488 g/mol. The number of nitrogens with zero attached hydrogens (tertiary/aromatic N) is 4. The average molecular weight is 488 g/mol. The zero-order valence-corrected chi connectivity index (χ0v) is 21.5. The number of hydrogen-bond donors (Lipinski definition) is 0. The highest BCUT2D eigenvalue weighted by Crippen LogP contribution is 2.38. The molecule has 2 aromatic carbocycles. The zero-order valence-electron chi connectivity index (χ0n) is 21.5. The lowest BCUT2D eigenvalue weighted by molar-refractivity contribution is 0.294. The largest absolute Gasteiger partial charge is 0.510 e. The molecule has 11 heteroatoms. The van der Waals surface area contributed by atoms with E-state index in [-0.39, 0.29) is 11.1 Å². The van der Waals surface area contributed by atoms with E-state index >= 15 is 0 Å². The van der Waals surface area contributed by atoms with Gasteiger partial charge in [0.05, 0.1) is 21.3 Å². The van der Waals surface area contributed by atoms with Crippen molar-refractivity contribution < 1.29 is 18.9 Å². The van der Waals surface area contributed by atoms with Crippen LogP contribution in [0, 0.1) is 45.3 Å². The summed E-state index contributed by atoms with van der Waals surface area (Å²) in [5.41, 5.74) is 1.55. The predicted molar refractivity (Wildman–Crippen MR) is 147 cm³/mol. The van der Waals surface area contributed by atoms with Gasteiger partial charge in [-0.05, 0) is 58.7 Å². The Balaban J connectivity index is 3.08. The van der Waals surface area contributed by atoms with Crippen LogP contribution < -0.4 is 18.9 Å². The Bertz CT molecular complexity index is 1410. The average Bonchev–Trinajstić information content (AvgIpc) is 2.89. The standard InChI is InChI=1S/C26H23B3N4O4/c1-34-22-6-4-18(10-24(22)36-3)20(8-16(12-30)13-31)21(9-17(14-32)15-33)19-5-7-23(35-2)25(11-19)37-26(27,28)29/h4-11H,27-29H2,1-3H3/b21-20+. The van der Waals surface area contributed by atoms with Crippen LogP contribution in [0.5, 0.6) is 23.0 Å². The summed E-state index contributed by atoms with van der Waals surface area (Å²) >= 11 is 0. The second-order valence-corrected chi connectivity index (χ2v) is 8.54. The van der Waals surface area contributed by atoms with Gasteiger partial charge in [0, 0.05) is 5.30 Å². The zero-order chi connectivity index (χ0) is 27.6. The molecule has 0 spiro atoms. The van der Waals surface area contributed by atoms with Crippen LogP contribution >= 0.6 is 0 Å². The number of ether oxygens (including phenoxy) is 4. The summed E-state index contributed by atoms with van der Waals surface area (Å²) in [6, 6.07) is 17.7. The maximum atomic E-state index is 9.52. The molecule has 0 heterocycles. The van der Waals surface area contributed by atoms with E-state index in [2.05, 4.69) is 0 Å². The summed E-state index contributed by atoms with van der Waals surface area (Å²) < 4.78 is 22.3. The van der Waals surface area contributed by atoms with E-state index in [0.29, 0.717) is 45.3 Å². The molecule has 180 valence electrons. The van der Waals surface area contributed by atoms with Gasteiger partial charge in [-0.1, -0.05) is 12.1 Å². The molecule has 0 aliphatic heterocycles. The highest BCUT2D eigenvalue weighted by atomic mass is 16.5. The van der Waals surface area contributed by atoms with E-state index in [1.54, 1.807) is 36.4 Å². The molecule has 0 fully saturated rings. The number of hydrogen-bond acceptors (Lipinski definition) is 8. The highest BCUT2D eigenvalue weighted by Gasteiger charge is 2.19. The maximum absolute atomic E-state index is 9.52. The topological polar surface area (TPSA) is 132 Å². The van der Waals surface area contributed by atoms with Gasteiger partial charge in [-0.15, -0.1) is 0 Å². The SMILES string of the molecule is BC(B)(B)Oc1cc(/C(C=C(C#N)C#N)=C(\C=C(C#N)C#N)c2ccc(OC)c(OC)c2)ccc1OC. The fraction of sp³-hybridized carbons (Fsp3) is 0.154. The summed E-state index contributed by atoms with van der Waals surface area (Å²) in [5.74, 6) is 1.82. The van der Waals surface area contributed by atoms with Gasteiger partial charge in [0.25, 0.3) is 0 Å². The van der Waals surface area contributed by atoms with Crippen molar-refractivity contribution in [2.75, 3.05) is 21.3 Å². The first kappa shape index (κ1) is 28.3. The number of allylic oxidation sites excluding steroid dienone is 6. The predicted octanol–water partition coefficient (Wildman–Crippen LogP) is 1.46. The van der Waals surface area contributed by atoms with Crippen LogP contribution in [-0.2, 0) is 0 Å². The second-order valence-electron chi connectivity index (χ2n) is 8.54. The van der Waals surface area contributed by atoms with E-state index in [1.807, 2.05) is 47.8 Å². The Morgan fingerprint density at radius 3 is 1.38 bits per heavy atom. The number of nitriles is 4. The summed E-state index contributed by atoms with van der Waals surface area (Å²) in [6.07, 6.45) is 2.80. The van der Waals surface area contributed by atoms with Gasteiger partial charge in [0.2, 0.25) is 0 Å². The Kier molecular flexibility index (Phi) is 9.65. The van der Waals surface area contributed by atoms with Gasteiger partial charge in [0.1, 0.15) is 59.0 Å². The lowest BCUT2D eigenvalue weighted by atomic mass is 9.52. The first-order chi connectivity index (χ1) is 17.6. The molecule has 0 saturated heterocycles. The molecule has 0 unspecified atom stereocenters. The van der Waals surface area contributed by atoms with Crippen molar-refractivity contribution in [3.8, 4) is 47.3 Å². The van der Waals surface area contributed by atoms with E-state index in [4.69, 9.17) is 18.9 Å². The molecule has 37 heavy (non-hydrogen) atoms. The minimum atomic E-state index is -0.545. The summed E-state index contributed by atoms with van der Waals surface area (Å²) in [5, 5.41) is 37.5. The second kappa shape index (κ2) is 12.6. The Hall–Kier alpha value is -4.99. The van der Waals surface area contributed by atoms with Crippen molar-refractivity contribution in [1.82, 2.24) is 0 Å². The number of rotatable bonds is 9.